The second kappa shape index (κ2) is 6.84. The largest absolute Gasteiger partial charge is 0.494 e. The molecule has 1 aromatic carbocycles. The molecule has 5 heteroatoms. The first kappa shape index (κ1) is 19.3. The molecule has 0 unspecified atom stereocenters. The number of hydrogen-bond donors (Lipinski definition) is 1. The third-order valence-corrected chi connectivity index (χ3v) is 3.69. The minimum Gasteiger partial charge on any atom is -0.399 e. The second-order valence-corrected chi connectivity index (χ2v) is 5.84. The molecule has 0 radical (unpaired) electrons. The van der Waals surface area contributed by atoms with Gasteiger partial charge in [0, 0.05) is 10.7 Å². The van der Waals surface area contributed by atoms with Gasteiger partial charge in [0.05, 0.1) is 11.2 Å². The van der Waals surface area contributed by atoms with E-state index in [0.29, 0.717) is 10.7 Å². The molecule has 3 nitrogen and oxygen atoms in total. The maximum Gasteiger partial charge on any atom is 0.494 e. The molecule has 1 fully saturated rings. The minimum absolute atomic E-state index is 0. The minimum atomic E-state index is -0.416. The third kappa shape index (κ3) is 3.90. The molecule has 0 aliphatic carbocycles. The summed E-state index contributed by atoms with van der Waals surface area (Å²) in [6.45, 7) is 12.1. The van der Waals surface area contributed by atoms with E-state index in [2.05, 4.69) is 0 Å². The zero-order chi connectivity index (χ0) is 14.8. The third-order valence-electron chi connectivity index (χ3n) is 3.47. The molecule has 2 rings (SSSR count). The van der Waals surface area contributed by atoms with E-state index < -0.39 is 7.12 Å². The highest BCUT2D eigenvalue weighted by Crippen LogP contribution is 2.36. The highest BCUT2D eigenvalue weighted by Gasteiger charge is 2.51. The van der Waals surface area contributed by atoms with Crippen molar-refractivity contribution >= 4 is 29.9 Å². The lowest BCUT2D eigenvalue weighted by atomic mass is 9.79. The number of halogens is 1. The summed E-state index contributed by atoms with van der Waals surface area (Å²) in [6, 6.07) is 5.35. The number of nitrogen functional groups attached to an aromatic ring is 1. The van der Waals surface area contributed by atoms with Crippen LogP contribution in [0, 0.1) is 0 Å². The molecule has 1 aliphatic heterocycles. The SMILES string of the molecule is C.CC.CC1(C)OB(c2cc(N)cc(Cl)c2)OC1(C)C. The van der Waals surface area contributed by atoms with Crippen LogP contribution in [-0.4, -0.2) is 18.3 Å². The Bertz CT molecular complexity index is 413. The number of nitrogens with two attached hydrogens (primary N) is 1. The number of anilines is 1. The predicted molar refractivity (Wildman–Crippen MR) is 89.7 cm³/mol. The zero-order valence-corrected chi connectivity index (χ0v) is 13.3. The van der Waals surface area contributed by atoms with E-state index in [4.69, 9.17) is 26.6 Å². The highest BCUT2D eigenvalue weighted by atomic mass is 35.5. The summed E-state index contributed by atoms with van der Waals surface area (Å²) in [4.78, 5) is 0. The summed E-state index contributed by atoms with van der Waals surface area (Å²) in [5.41, 5.74) is 6.53. The van der Waals surface area contributed by atoms with E-state index in [1.54, 1.807) is 6.07 Å². The van der Waals surface area contributed by atoms with Crippen LogP contribution in [0.2, 0.25) is 5.02 Å². The summed E-state index contributed by atoms with van der Waals surface area (Å²) >= 11 is 5.98. The Morgan fingerprint density at radius 1 is 1.00 bits per heavy atom. The van der Waals surface area contributed by atoms with Crippen molar-refractivity contribution < 1.29 is 9.31 Å². The molecule has 0 aromatic heterocycles. The molecular weight excluding hydrogens is 272 g/mol. The molecule has 0 saturated carbocycles. The lowest BCUT2D eigenvalue weighted by Gasteiger charge is -2.32. The topological polar surface area (TPSA) is 44.5 Å². The van der Waals surface area contributed by atoms with Crippen LogP contribution in [0.5, 0.6) is 0 Å². The van der Waals surface area contributed by atoms with Gasteiger partial charge in [-0.2, -0.15) is 0 Å². The lowest BCUT2D eigenvalue weighted by molar-refractivity contribution is 0.00578. The van der Waals surface area contributed by atoms with Crippen LogP contribution in [0.25, 0.3) is 0 Å². The van der Waals surface area contributed by atoms with Gasteiger partial charge < -0.3 is 15.0 Å². The van der Waals surface area contributed by atoms with Crippen molar-refractivity contribution in [1.29, 1.82) is 0 Å². The molecule has 2 N–H and O–H groups in total. The fourth-order valence-electron chi connectivity index (χ4n) is 1.75. The molecular formula is C15H27BClNO2. The van der Waals surface area contributed by atoms with E-state index in [-0.39, 0.29) is 18.6 Å². The first-order chi connectivity index (χ1) is 8.71. The zero-order valence-electron chi connectivity index (χ0n) is 12.6. The first-order valence-electron chi connectivity index (χ1n) is 6.63. The summed E-state index contributed by atoms with van der Waals surface area (Å²) < 4.78 is 11.8. The molecule has 0 bridgehead atoms. The standard InChI is InChI=1S/C12H17BClNO2.C2H6.CH4/c1-11(2)12(3,4)17-13(16-11)8-5-9(14)7-10(15)6-8;1-2;/h5-7H,15H2,1-4H3;1-2H3;1H4. The average molecular weight is 300 g/mol. The van der Waals surface area contributed by atoms with Crippen molar-refractivity contribution in [2.75, 3.05) is 5.73 Å². The summed E-state index contributed by atoms with van der Waals surface area (Å²) in [5.74, 6) is 0. The van der Waals surface area contributed by atoms with Crippen molar-refractivity contribution in [3.8, 4) is 0 Å². The maximum atomic E-state index is 5.98. The van der Waals surface area contributed by atoms with Crippen LogP contribution in [0.15, 0.2) is 18.2 Å². The quantitative estimate of drug-likeness (QED) is 0.632. The van der Waals surface area contributed by atoms with Crippen LogP contribution < -0.4 is 11.2 Å². The molecule has 1 aromatic rings. The maximum absolute atomic E-state index is 5.98. The Hall–Kier alpha value is -0.705. The van der Waals surface area contributed by atoms with Crippen molar-refractivity contribution in [2.24, 2.45) is 0 Å². The molecule has 114 valence electrons. The van der Waals surface area contributed by atoms with Crippen LogP contribution in [0.4, 0.5) is 5.69 Å². The van der Waals surface area contributed by atoms with E-state index in [9.17, 15) is 0 Å². The van der Waals surface area contributed by atoms with Gasteiger partial charge in [-0.05, 0) is 51.4 Å². The number of hydrogen-bond acceptors (Lipinski definition) is 3. The van der Waals surface area contributed by atoms with Gasteiger partial charge in [-0.3, -0.25) is 0 Å². The Balaban J connectivity index is 0.00000115. The molecule has 0 spiro atoms. The number of benzene rings is 1. The van der Waals surface area contributed by atoms with Gasteiger partial charge in [0.15, 0.2) is 0 Å². The van der Waals surface area contributed by atoms with E-state index in [1.807, 2.05) is 53.7 Å². The molecule has 1 saturated heterocycles. The average Bonchev–Trinajstić information content (AvgIpc) is 2.50. The van der Waals surface area contributed by atoms with Gasteiger partial charge in [-0.15, -0.1) is 0 Å². The fourth-order valence-corrected chi connectivity index (χ4v) is 2.00. The molecule has 0 atom stereocenters. The highest BCUT2D eigenvalue weighted by molar-refractivity contribution is 6.62. The van der Waals surface area contributed by atoms with E-state index in [1.165, 1.54) is 0 Å². The Morgan fingerprint density at radius 2 is 1.45 bits per heavy atom. The van der Waals surface area contributed by atoms with Crippen molar-refractivity contribution in [3.63, 3.8) is 0 Å². The summed E-state index contributed by atoms with van der Waals surface area (Å²) in [7, 11) is -0.416. The van der Waals surface area contributed by atoms with Gasteiger partial charge in [0.25, 0.3) is 0 Å². The van der Waals surface area contributed by atoms with E-state index in [0.717, 1.165) is 5.46 Å². The van der Waals surface area contributed by atoms with Crippen molar-refractivity contribution in [2.45, 2.75) is 60.2 Å². The van der Waals surface area contributed by atoms with Gasteiger partial charge in [0.1, 0.15) is 0 Å². The van der Waals surface area contributed by atoms with Crippen molar-refractivity contribution in [1.82, 2.24) is 0 Å². The molecule has 0 amide bonds. The van der Waals surface area contributed by atoms with Crippen LogP contribution in [0.1, 0.15) is 49.0 Å². The Labute approximate surface area is 128 Å². The van der Waals surface area contributed by atoms with Crippen molar-refractivity contribution in [3.05, 3.63) is 23.2 Å². The van der Waals surface area contributed by atoms with Crippen LogP contribution in [0.3, 0.4) is 0 Å². The van der Waals surface area contributed by atoms with E-state index >= 15 is 0 Å². The fraction of sp³-hybridized carbons (Fsp3) is 0.600. The second-order valence-electron chi connectivity index (χ2n) is 5.41. The molecule has 20 heavy (non-hydrogen) atoms. The molecule has 1 aliphatic rings. The molecule has 1 heterocycles. The summed E-state index contributed by atoms with van der Waals surface area (Å²) in [5, 5.41) is 0.592. The summed E-state index contributed by atoms with van der Waals surface area (Å²) in [6.07, 6.45) is 0. The first-order valence-corrected chi connectivity index (χ1v) is 7.01. The Morgan fingerprint density at radius 3 is 1.85 bits per heavy atom. The monoisotopic (exact) mass is 299 g/mol. The Kier molecular flexibility index (Phi) is 6.59. The van der Waals surface area contributed by atoms with Gasteiger partial charge in [-0.1, -0.05) is 32.9 Å². The van der Waals surface area contributed by atoms with Gasteiger partial charge >= 0.3 is 7.12 Å². The van der Waals surface area contributed by atoms with Gasteiger partial charge in [-0.25, -0.2) is 0 Å². The smallest absolute Gasteiger partial charge is 0.399 e. The number of rotatable bonds is 1. The normalized spacial score (nSPS) is 18.9. The predicted octanol–water partition coefficient (Wildman–Crippen LogP) is 3.88. The van der Waals surface area contributed by atoms with Crippen LogP contribution >= 0.6 is 11.6 Å². The van der Waals surface area contributed by atoms with Crippen LogP contribution in [-0.2, 0) is 9.31 Å². The van der Waals surface area contributed by atoms with Gasteiger partial charge in [0.2, 0.25) is 0 Å². The lowest BCUT2D eigenvalue weighted by Crippen LogP contribution is -2.41.